The first-order valence-electron chi connectivity index (χ1n) is 4.88. The van der Waals surface area contributed by atoms with Crippen molar-refractivity contribution < 1.29 is 13.2 Å². The van der Waals surface area contributed by atoms with Crippen LogP contribution in [0, 0.1) is 0 Å². The second kappa shape index (κ2) is 4.65. The Morgan fingerprint density at radius 3 is 2.69 bits per heavy atom. The van der Waals surface area contributed by atoms with E-state index in [1.807, 2.05) is 4.72 Å². The first-order chi connectivity index (χ1) is 7.35. The van der Waals surface area contributed by atoms with Gasteiger partial charge in [-0.15, -0.1) is 0 Å². The predicted octanol–water partition coefficient (Wildman–Crippen LogP) is -0.0105. The van der Waals surface area contributed by atoms with Crippen molar-refractivity contribution in [3.8, 4) is 0 Å². The van der Waals surface area contributed by atoms with Crippen LogP contribution >= 0.6 is 0 Å². The van der Waals surface area contributed by atoms with Gasteiger partial charge >= 0.3 is 0 Å². The summed E-state index contributed by atoms with van der Waals surface area (Å²) in [7, 11) is -1.76. The number of aryl methyl sites for hydroxylation is 1. The summed E-state index contributed by atoms with van der Waals surface area (Å²) in [5.74, 6) is -1.18. The largest absolute Gasteiger partial charge is 0.276 e. The molecule has 1 atom stereocenters. The molecule has 1 rings (SSSR count). The summed E-state index contributed by atoms with van der Waals surface area (Å²) in [6.45, 7) is 3.11. The van der Waals surface area contributed by atoms with E-state index in [1.54, 1.807) is 31.0 Å². The van der Waals surface area contributed by atoms with Gasteiger partial charge in [-0.05, 0) is 13.8 Å². The van der Waals surface area contributed by atoms with E-state index in [1.165, 1.54) is 6.92 Å². The lowest BCUT2D eigenvalue weighted by atomic mass is 10.1. The molecule has 1 amide bonds. The Morgan fingerprint density at radius 2 is 2.25 bits per heavy atom. The fourth-order valence-corrected chi connectivity index (χ4v) is 1.76. The monoisotopic (exact) mass is 245 g/mol. The molecule has 1 aromatic heterocycles. The molecule has 1 unspecified atom stereocenters. The van der Waals surface area contributed by atoms with Gasteiger partial charge in [0.1, 0.15) is 0 Å². The number of hydrogen-bond donors (Lipinski definition) is 1. The van der Waals surface area contributed by atoms with Crippen LogP contribution < -0.4 is 4.72 Å². The van der Waals surface area contributed by atoms with Gasteiger partial charge < -0.3 is 0 Å². The van der Waals surface area contributed by atoms with E-state index in [4.69, 9.17) is 0 Å². The third-order valence-corrected chi connectivity index (χ3v) is 3.53. The van der Waals surface area contributed by atoms with Crippen molar-refractivity contribution in [3.63, 3.8) is 0 Å². The molecular weight excluding hydrogens is 230 g/mol. The fraction of sp³-hybridized carbons (Fsp3) is 0.556. The summed E-state index contributed by atoms with van der Waals surface area (Å²) in [4.78, 5) is 11.6. The van der Waals surface area contributed by atoms with Crippen molar-refractivity contribution in [2.24, 2.45) is 7.05 Å². The smallest absolute Gasteiger partial charge is 0.240 e. The molecule has 0 spiro atoms. The SMILES string of the molecule is CCS(=O)(=O)NC(=O)C(C)c1cnn(C)c1. The quantitative estimate of drug-likeness (QED) is 0.809. The van der Waals surface area contributed by atoms with Gasteiger partial charge in [-0.1, -0.05) is 0 Å². The third-order valence-electron chi connectivity index (χ3n) is 2.25. The van der Waals surface area contributed by atoms with Crippen LogP contribution in [0.25, 0.3) is 0 Å². The second-order valence-corrected chi connectivity index (χ2v) is 5.55. The summed E-state index contributed by atoms with van der Waals surface area (Å²) >= 11 is 0. The van der Waals surface area contributed by atoms with E-state index in [0.717, 1.165) is 0 Å². The average molecular weight is 245 g/mol. The van der Waals surface area contributed by atoms with E-state index in [-0.39, 0.29) is 5.75 Å². The Kier molecular flexibility index (Phi) is 3.69. The van der Waals surface area contributed by atoms with Crippen molar-refractivity contribution in [2.45, 2.75) is 19.8 Å². The van der Waals surface area contributed by atoms with E-state index in [9.17, 15) is 13.2 Å². The zero-order valence-electron chi connectivity index (χ0n) is 9.47. The van der Waals surface area contributed by atoms with Crippen molar-refractivity contribution in [3.05, 3.63) is 18.0 Å². The highest BCUT2D eigenvalue weighted by Crippen LogP contribution is 2.13. The highest BCUT2D eigenvalue weighted by atomic mass is 32.2. The molecule has 1 aromatic rings. The number of carbonyl (C=O) groups excluding carboxylic acids is 1. The molecule has 0 saturated carbocycles. The van der Waals surface area contributed by atoms with Crippen molar-refractivity contribution in [2.75, 3.05) is 5.75 Å². The number of rotatable bonds is 4. The molecule has 0 saturated heterocycles. The molecule has 0 aliphatic heterocycles. The fourth-order valence-electron chi connectivity index (χ4n) is 1.13. The minimum atomic E-state index is -3.49. The van der Waals surface area contributed by atoms with Gasteiger partial charge in [0.15, 0.2) is 0 Å². The van der Waals surface area contributed by atoms with E-state index in [0.29, 0.717) is 5.56 Å². The van der Waals surface area contributed by atoms with Gasteiger partial charge in [0.2, 0.25) is 15.9 Å². The lowest BCUT2D eigenvalue weighted by molar-refractivity contribution is -0.120. The lowest BCUT2D eigenvalue weighted by Gasteiger charge is -2.09. The molecule has 1 N–H and O–H groups in total. The number of nitrogens with one attached hydrogen (secondary N) is 1. The number of sulfonamides is 1. The molecule has 0 aromatic carbocycles. The summed E-state index contributed by atoms with van der Waals surface area (Å²) in [6, 6.07) is 0. The highest BCUT2D eigenvalue weighted by molar-refractivity contribution is 7.90. The number of amides is 1. The molecule has 16 heavy (non-hydrogen) atoms. The van der Waals surface area contributed by atoms with Crippen molar-refractivity contribution in [1.29, 1.82) is 0 Å². The Bertz CT molecular complexity index is 478. The van der Waals surface area contributed by atoms with Gasteiger partial charge in [0.05, 0.1) is 17.9 Å². The molecule has 0 radical (unpaired) electrons. The summed E-state index contributed by atoms with van der Waals surface area (Å²) in [6.07, 6.45) is 3.23. The Labute approximate surface area is 94.7 Å². The van der Waals surface area contributed by atoms with Crippen LogP contribution in [0.1, 0.15) is 25.3 Å². The molecule has 0 fully saturated rings. The maximum Gasteiger partial charge on any atom is 0.240 e. The highest BCUT2D eigenvalue weighted by Gasteiger charge is 2.20. The van der Waals surface area contributed by atoms with Crippen LogP contribution in [-0.2, 0) is 21.9 Å². The molecule has 7 heteroatoms. The molecule has 0 aliphatic rings. The third kappa shape index (κ3) is 3.06. The Hall–Kier alpha value is -1.37. The first kappa shape index (κ1) is 12.7. The van der Waals surface area contributed by atoms with Gasteiger partial charge in [-0.25, -0.2) is 8.42 Å². The van der Waals surface area contributed by atoms with Crippen molar-refractivity contribution in [1.82, 2.24) is 14.5 Å². The zero-order valence-corrected chi connectivity index (χ0v) is 10.3. The topological polar surface area (TPSA) is 81.1 Å². The summed E-state index contributed by atoms with van der Waals surface area (Å²) in [5.41, 5.74) is 0.686. The van der Waals surface area contributed by atoms with E-state index < -0.39 is 21.8 Å². The molecule has 1 heterocycles. The number of carbonyl (C=O) groups is 1. The first-order valence-corrected chi connectivity index (χ1v) is 6.54. The molecule has 6 nitrogen and oxygen atoms in total. The molecule has 0 aliphatic carbocycles. The van der Waals surface area contributed by atoms with Gasteiger partial charge in [-0.3, -0.25) is 14.2 Å². The normalized spacial score (nSPS) is 13.4. The van der Waals surface area contributed by atoms with Gasteiger partial charge in [0, 0.05) is 18.8 Å². The molecule has 90 valence electrons. The van der Waals surface area contributed by atoms with Crippen LogP contribution in [0.4, 0.5) is 0 Å². The lowest BCUT2D eigenvalue weighted by Crippen LogP contribution is -2.34. The van der Waals surface area contributed by atoms with E-state index in [2.05, 4.69) is 5.10 Å². The number of aromatic nitrogens is 2. The average Bonchev–Trinajstić information content (AvgIpc) is 2.63. The standard InChI is InChI=1S/C9H15N3O3S/c1-4-16(14,15)11-9(13)7(2)8-5-10-12(3)6-8/h5-7H,4H2,1-3H3,(H,11,13). The minimum Gasteiger partial charge on any atom is -0.276 e. The minimum absolute atomic E-state index is 0.113. The van der Waals surface area contributed by atoms with Gasteiger partial charge in [0.25, 0.3) is 0 Å². The van der Waals surface area contributed by atoms with Crippen LogP contribution in [0.2, 0.25) is 0 Å². The number of nitrogens with zero attached hydrogens (tertiary/aromatic N) is 2. The maximum atomic E-state index is 11.6. The number of hydrogen-bond acceptors (Lipinski definition) is 4. The van der Waals surface area contributed by atoms with Crippen LogP contribution in [-0.4, -0.2) is 29.9 Å². The van der Waals surface area contributed by atoms with E-state index >= 15 is 0 Å². The Balaban J connectivity index is 2.76. The van der Waals surface area contributed by atoms with Gasteiger partial charge in [-0.2, -0.15) is 5.10 Å². The van der Waals surface area contributed by atoms with Crippen LogP contribution in [0.15, 0.2) is 12.4 Å². The molecular formula is C9H15N3O3S. The Morgan fingerprint density at radius 1 is 1.62 bits per heavy atom. The summed E-state index contributed by atoms with van der Waals surface area (Å²) in [5, 5.41) is 3.92. The van der Waals surface area contributed by atoms with Crippen LogP contribution in [0.3, 0.4) is 0 Å². The van der Waals surface area contributed by atoms with Crippen molar-refractivity contribution >= 4 is 15.9 Å². The maximum absolute atomic E-state index is 11.6. The predicted molar refractivity (Wildman–Crippen MR) is 59.2 cm³/mol. The zero-order chi connectivity index (χ0) is 12.3. The molecule has 0 bridgehead atoms. The summed E-state index contributed by atoms with van der Waals surface area (Å²) < 4.78 is 26.0. The second-order valence-electron chi connectivity index (χ2n) is 3.54. The van der Waals surface area contributed by atoms with Crippen LogP contribution in [0.5, 0.6) is 0 Å².